The fraction of sp³-hybridized carbons (Fsp3) is 0.292. The molecule has 0 spiro atoms. The van der Waals surface area contributed by atoms with Crippen molar-refractivity contribution in [2.45, 2.75) is 72.2 Å². The maximum Gasteiger partial charge on any atom is 0.514 e. The molecule has 0 saturated carbocycles. The van der Waals surface area contributed by atoms with E-state index in [0.29, 0.717) is 0 Å². The summed E-state index contributed by atoms with van der Waals surface area (Å²) in [5.41, 5.74) is 0.903. The molecule has 6 rings (SSSR count). The van der Waals surface area contributed by atoms with E-state index in [4.69, 9.17) is 33.2 Å². The first-order valence-corrected chi connectivity index (χ1v) is 24.7. The number of nitriles is 1. The zero-order chi connectivity index (χ0) is 49.5. The number of rotatable bonds is 21. The van der Waals surface area contributed by atoms with Gasteiger partial charge in [-0.1, -0.05) is 154 Å². The SMILES string of the molecule is C=CC(=O)OCCOC(=O)Oc1c2c(c(OC(=O)OCCOC(=O)C=C)c3c1SC(=C1C(=O)N(Cc4ccccc4)N(Cc4ccccc4)C1=O)S3)SC(=C(C#N)C(=O)OCC(CC)CCCC)S2. The van der Waals surface area contributed by atoms with E-state index < -0.39 is 55.2 Å². The highest BCUT2D eigenvalue weighted by Crippen LogP contribution is 2.68. The second kappa shape index (κ2) is 25.1. The van der Waals surface area contributed by atoms with Gasteiger partial charge in [0.05, 0.1) is 47.8 Å². The molecular weight excluding hydrogens is 971 g/mol. The number of thioether (sulfide) groups is 4. The predicted octanol–water partition coefficient (Wildman–Crippen LogP) is 9.26. The lowest BCUT2D eigenvalue weighted by Gasteiger charge is -2.27. The van der Waals surface area contributed by atoms with Crippen molar-refractivity contribution in [1.29, 1.82) is 5.26 Å². The minimum absolute atomic E-state index is 0.0418. The van der Waals surface area contributed by atoms with Gasteiger partial charge in [-0.25, -0.2) is 34.0 Å². The van der Waals surface area contributed by atoms with Crippen LogP contribution in [0.3, 0.4) is 0 Å². The van der Waals surface area contributed by atoms with Crippen LogP contribution in [0.4, 0.5) is 9.59 Å². The Morgan fingerprint density at radius 2 is 1.12 bits per heavy atom. The summed E-state index contributed by atoms with van der Waals surface area (Å²) in [5.74, 6) is -3.99. The third-order valence-electron chi connectivity index (χ3n) is 10.1. The fourth-order valence-corrected chi connectivity index (χ4v) is 12.0. The molecule has 17 nitrogen and oxygen atoms in total. The van der Waals surface area contributed by atoms with Crippen LogP contribution in [0.15, 0.2) is 125 Å². The molecule has 1 fully saturated rings. The van der Waals surface area contributed by atoms with E-state index in [9.17, 15) is 38.8 Å². The maximum atomic E-state index is 14.6. The molecule has 3 aromatic carbocycles. The summed E-state index contributed by atoms with van der Waals surface area (Å²) in [4.78, 5) is 93.3. The molecule has 0 bridgehead atoms. The molecule has 1 saturated heterocycles. The first-order valence-electron chi connectivity index (χ1n) is 21.4. The maximum absolute atomic E-state index is 14.6. The minimum atomic E-state index is -1.26. The van der Waals surface area contributed by atoms with Crippen LogP contribution in [-0.2, 0) is 60.7 Å². The van der Waals surface area contributed by atoms with Crippen molar-refractivity contribution >= 4 is 89.1 Å². The minimum Gasteiger partial charge on any atom is -0.461 e. The monoisotopic (exact) mass is 1020 g/mol. The summed E-state index contributed by atoms with van der Waals surface area (Å²) in [7, 11) is 0. The number of hydrazine groups is 1. The zero-order valence-electron chi connectivity index (χ0n) is 37.4. The highest BCUT2D eigenvalue weighted by molar-refractivity contribution is 8.26. The molecule has 21 heteroatoms. The van der Waals surface area contributed by atoms with Gasteiger partial charge in [-0.2, -0.15) is 5.26 Å². The number of hydrogen-bond donors (Lipinski definition) is 0. The number of carbonyl (C=O) groups excluding carboxylic acids is 7. The molecule has 2 amide bonds. The summed E-state index contributed by atoms with van der Waals surface area (Å²) < 4.78 is 37.9. The Bertz CT molecular complexity index is 2470. The summed E-state index contributed by atoms with van der Waals surface area (Å²) >= 11 is 3.45. The van der Waals surface area contributed by atoms with Crippen LogP contribution in [0, 0.1) is 17.2 Å². The Labute approximate surface area is 414 Å². The largest absolute Gasteiger partial charge is 0.514 e. The van der Waals surface area contributed by atoms with Gasteiger partial charge >= 0.3 is 30.2 Å². The van der Waals surface area contributed by atoms with E-state index >= 15 is 0 Å². The average Bonchev–Trinajstić information content (AvgIpc) is 4.05. The van der Waals surface area contributed by atoms with E-state index in [1.807, 2.05) is 73.7 Å². The van der Waals surface area contributed by atoms with Gasteiger partial charge in [0.2, 0.25) is 0 Å². The Hall–Kier alpha value is -6.60. The lowest BCUT2D eigenvalue weighted by atomic mass is 10.0. The smallest absolute Gasteiger partial charge is 0.461 e. The fourth-order valence-electron chi connectivity index (χ4n) is 6.58. The van der Waals surface area contributed by atoms with Crippen LogP contribution in [0.2, 0.25) is 0 Å². The highest BCUT2D eigenvalue weighted by atomic mass is 32.2. The van der Waals surface area contributed by atoms with Gasteiger partial charge in [-0.3, -0.25) is 9.59 Å². The van der Waals surface area contributed by atoms with Crippen molar-refractivity contribution < 1.29 is 66.7 Å². The van der Waals surface area contributed by atoms with E-state index in [0.717, 1.165) is 96.0 Å². The number of amides is 2. The highest BCUT2D eigenvalue weighted by Gasteiger charge is 2.47. The molecule has 3 aliphatic rings. The zero-order valence-corrected chi connectivity index (χ0v) is 40.7. The number of ether oxygens (including phenoxy) is 7. The quantitative estimate of drug-likeness (QED) is 0.0185. The third-order valence-corrected chi connectivity index (χ3v) is 15.3. The number of unbranched alkanes of at least 4 members (excludes halogenated alkanes) is 1. The molecule has 360 valence electrons. The molecule has 0 aromatic heterocycles. The Kier molecular flexibility index (Phi) is 18.9. The Morgan fingerprint density at radius 3 is 1.54 bits per heavy atom. The molecule has 69 heavy (non-hydrogen) atoms. The van der Waals surface area contributed by atoms with Gasteiger partial charge in [0.1, 0.15) is 38.1 Å². The summed E-state index contributed by atoms with van der Waals surface area (Å²) in [5, 5.41) is 13.1. The average molecular weight is 1020 g/mol. The number of hydrogen-bond acceptors (Lipinski definition) is 19. The summed E-state index contributed by atoms with van der Waals surface area (Å²) in [6.45, 7) is 9.30. The van der Waals surface area contributed by atoms with Crippen LogP contribution in [0.5, 0.6) is 11.5 Å². The predicted molar refractivity (Wildman–Crippen MR) is 254 cm³/mol. The number of carbonyl (C=O) groups is 7. The molecule has 0 radical (unpaired) electrons. The third kappa shape index (κ3) is 13.1. The van der Waals surface area contributed by atoms with Crippen molar-refractivity contribution in [3.63, 3.8) is 0 Å². The van der Waals surface area contributed by atoms with E-state index in [2.05, 4.69) is 20.1 Å². The van der Waals surface area contributed by atoms with Crippen molar-refractivity contribution in [3.8, 4) is 17.6 Å². The number of nitrogens with zero attached hydrogens (tertiary/aromatic N) is 3. The van der Waals surface area contributed by atoms with Gasteiger partial charge in [0, 0.05) is 12.2 Å². The lowest BCUT2D eigenvalue weighted by molar-refractivity contribution is -0.149. The molecular formula is C48H45N3O14S4. The van der Waals surface area contributed by atoms with Crippen LogP contribution in [0.1, 0.15) is 50.7 Å². The van der Waals surface area contributed by atoms with Crippen LogP contribution in [0.25, 0.3) is 0 Å². The lowest BCUT2D eigenvalue weighted by Crippen LogP contribution is -2.39. The van der Waals surface area contributed by atoms with Gasteiger partial charge < -0.3 is 33.2 Å². The topological polar surface area (TPSA) is 214 Å². The molecule has 3 aromatic rings. The van der Waals surface area contributed by atoms with Gasteiger partial charge in [-0.05, 0) is 23.5 Å². The molecule has 0 aliphatic carbocycles. The number of fused-ring (bicyclic) bond motifs is 2. The first kappa shape index (κ1) is 51.8. The summed E-state index contributed by atoms with van der Waals surface area (Å²) in [6.07, 6.45) is 2.79. The second-order valence-corrected chi connectivity index (χ2v) is 19.3. The second-order valence-electron chi connectivity index (χ2n) is 14.7. The van der Waals surface area contributed by atoms with Crippen molar-refractivity contribution in [3.05, 3.63) is 117 Å². The number of esters is 3. The summed E-state index contributed by atoms with van der Waals surface area (Å²) in [6, 6.07) is 20.1. The molecule has 3 aliphatic heterocycles. The van der Waals surface area contributed by atoms with Crippen molar-refractivity contribution in [2.75, 3.05) is 33.0 Å². The van der Waals surface area contributed by atoms with E-state index in [-0.39, 0.29) is 89.5 Å². The molecule has 3 heterocycles. The van der Waals surface area contributed by atoms with Crippen molar-refractivity contribution in [1.82, 2.24) is 10.0 Å². The van der Waals surface area contributed by atoms with Crippen LogP contribution in [-0.4, -0.2) is 85.1 Å². The standard InChI is InChI=1S/C48H45N3O14S4/c1-5-9-16-29(6-2)28-63-44(56)32(25-49)45-66-38-36(64-47(57)61-23-21-59-33(52)7-3)40-41(37(39(38)67-45)65-48(58)62-24-22-60-34(53)8-4)69-46(68-40)35-42(54)50(26-30-17-12-10-13-18-30)51(43(35)55)27-31-19-14-11-15-20-31/h7-8,10-15,17-20,29H,3-6,9,16,21-24,26-28H2,1-2H3. The number of benzene rings is 3. The Morgan fingerprint density at radius 1 is 0.667 bits per heavy atom. The van der Waals surface area contributed by atoms with Gasteiger partial charge in [0.25, 0.3) is 11.8 Å². The molecule has 1 atom stereocenters. The van der Waals surface area contributed by atoms with Crippen molar-refractivity contribution in [2.24, 2.45) is 5.92 Å². The van der Waals surface area contributed by atoms with E-state index in [1.54, 1.807) is 0 Å². The normalized spacial score (nSPS) is 14.0. The van der Waals surface area contributed by atoms with Gasteiger partial charge in [-0.15, -0.1) is 0 Å². The molecule has 1 unspecified atom stereocenters. The van der Waals surface area contributed by atoms with Crippen LogP contribution >= 0.6 is 47.0 Å². The first-order chi connectivity index (χ1) is 33.4. The van der Waals surface area contributed by atoms with E-state index in [1.165, 1.54) is 10.0 Å². The van der Waals surface area contributed by atoms with Crippen LogP contribution < -0.4 is 9.47 Å². The Balaban J connectivity index is 1.44. The van der Waals surface area contributed by atoms with Gasteiger partial charge in [0.15, 0.2) is 17.1 Å². The molecule has 0 N–H and O–H groups in total.